The van der Waals surface area contributed by atoms with Crippen LogP contribution in [0.5, 0.6) is 0 Å². The fraction of sp³-hybridized carbons (Fsp3) is 0.385. The predicted octanol–water partition coefficient (Wildman–Crippen LogP) is 3.78. The Balaban J connectivity index is 1.95. The predicted molar refractivity (Wildman–Crippen MR) is 79.8 cm³/mol. The Morgan fingerprint density at radius 1 is 1.32 bits per heavy atom. The van der Waals surface area contributed by atoms with Crippen LogP contribution in [-0.4, -0.2) is 10.1 Å². The van der Waals surface area contributed by atoms with Gasteiger partial charge in [0.05, 0.1) is 11.8 Å². The maximum atomic E-state index is 5.97. The number of thioether (sulfide) groups is 1. The highest BCUT2D eigenvalue weighted by molar-refractivity contribution is 9.10. The van der Waals surface area contributed by atoms with Gasteiger partial charge in [-0.2, -0.15) is 4.98 Å². The summed E-state index contributed by atoms with van der Waals surface area (Å²) in [6.45, 7) is 4.07. The van der Waals surface area contributed by atoms with Crippen molar-refractivity contribution in [3.8, 4) is 0 Å². The second-order valence-corrected chi connectivity index (χ2v) is 6.53. The largest absolute Gasteiger partial charge is 0.338 e. The molecule has 0 saturated heterocycles. The summed E-state index contributed by atoms with van der Waals surface area (Å²) in [5.41, 5.74) is 5.97. The summed E-state index contributed by atoms with van der Waals surface area (Å²) in [6, 6.07) is 7.93. The molecule has 1 unspecified atom stereocenters. The summed E-state index contributed by atoms with van der Waals surface area (Å²) in [6.07, 6.45) is 0. The molecule has 19 heavy (non-hydrogen) atoms. The van der Waals surface area contributed by atoms with Crippen LogP contribution in [0.15, 0.2) is 38.2 Å². The van der Waals surface area contributed by atoms with E-state index in [-0.39, 0.29) is 12.0 Å². The number of hydrogen-bond acceptors (Lipinski definition) is 5. The fourth-order valence-corrected chi connectivity index (χ4v) is 2.43. The summed E-state index contributed by atoms with van der Waals surface area (Å²) in [7, 11) is 0. The van der Waals surface area contributed by atoms with Crippen LogP contribution >= 0.6 is 27.7 Å². The molecule has 4 nitrogen and oxygen atoms in total. The van der Waals surface area contributed by atoms with Crippen LogP contribution in [0.25, 0.3) is 0 Å². The zero-order chi connectivity index (χ0) is 13.8. The Kier molecular flexibility index (Phi) is 5.01. The molecule has 0 bridgehead atoms. The molecule has 1 atom stereocenters. The smallest absolute Gasteiger partial charge is 0.243 e. The molecule has 0 aliphatic heterocycles. The molecule has 2 rings (SSSR count). The van der Waals surface area contributed by atoms with Crippen LogP contribution in [0.3, 0.4) is 0 Å². The Morgan fingerprint density at radius 3 is 2.63 bits per heavy atom. The molecule has 0 amide bonds. The number of hydrogen-bond donors (Lipinski definition) is 1. The Bertz CT molecular complexity index is 527. The van der Waals surface area contributed by atoms with E-state index in [1.54, 1.807) is 11.8 Å². The molecule has 0 aliphatic rings. The highest BCUT2D eigenvalue weighted by Crippen LogP contribution is 2.24. The van der Waals surface area contributed by atoms with Crippen LogP contribution in [0, 0.1) is 5.92 Å². The van der Waals surface area contributed by atoms with Gasteiger partial charge in [-0.1, -0.05) is 34.9 Å². The number of nitrogens with two attached hydrogens (primary N) is 1. The van der Waals surface area contributed by atoms with Gasteiger partial charge < -0.3 is 10.3 Å². The van der Waals surface area contributed by atoms with E-state index in [0.717, 1.165) is 4.47 Å². The first-order valence-electron chi connectivity index (χ1n) is 6.02. The fourth-order valence-electron chi connectivity index (χ4n) is 1.43. The van der Waals surface area contributed by atoms with E-state index in [4.69, 9.17) is 10.3 Å². The van der Waals surface area contributed by atoms with E-state index in [2.05, 4.69) is 38.2 Å². The zero-order valence-electron chi connectivity index (χ0n) is 10.8. The van der Waals surface area contributed by atoms with Gasteiger partial charge in [-0.25, -0.2) is 0 Å². The lowest BCUT2D eigenvalue weighted by atomic mass is 10.1. The maximum absolute atomic E-state index is 5.97. The van der Waals surface area contributed by atoms with Crippen molar-refractivity contribution < 1.29 is 4.52 Å². The van der Waals surface area contributed by atoms with Gasteiger partial charge >= 0.3 is 0 Å². The molecule has 0 spiro atoms. The normalized spacial score (nSPS) is 12.9. The minimum Gasteiger partial charge on any atom is -0.338 e. The molecule has 102 valence electrons. The van der Waals surface area contributed by atoms with Gasteiger partial charge in [-0.15, -0.1) is 11.8 Å². The molecule has 1 heterocycles. The first kappa shape index (κ1) is 14.6. The van der Waals surface area contributed by atoms with Crippen LogP contribution in [0.4, 0.5) is 0 Å². The molecule has 1 aromatic heterocycles. The van der Waals surface area contributed by atoms with Gasteiger partial charge in [-0.3, -0.25) is 0 Å². The third kappa shape index (κ3) is 4.06. The van der Waals surface area contributed by atoms with Gasteiger partial charge in [-0.05, 0) is 30.2 Å². The Hall–Kier alpha value is -0.850. The van der Waals surface area contributed by atoms with E-state index in [1.165, 1.54) is 4.90 Å². The summed E-state index contributed by atoms with van der Waals surface area (Å²) in [5.74, 6) is 2.16. The van der Waals surface area contributed by atoms with E-state index >= 15 is 0 Å². The molecule has 0 radical (unpaired) electrons. The first-order chi connectivity index (χ1) is 9.06. The third-order valence-electron chi connectivity index (χ3n) is 2.67. The van der Waals surface area contributed by atoms with Crippen molar-refractivity contribution >= 4 is 27.7 Å². The molecule has 0 saturated carbocycles. The maximum Gasteiger partial charge on any atom is 0.243 e. The molecular weight excluding hydrogens is 326 g/mol. The lowest BCUT2D eigenvalue weighted by molar-refractivity contribution is 0.323. The highest BCUT2D eigenvalue weighted by atomic mass is 79.9. The quantitative estimate of drug-likeness (QED) is 0.838. The summed E-state index contributed by atoms with van der Waals surface area (Å²) < 4.78 is 6.26. The number of halogens is 1. The van der Waals surface area contributed by atoms with E-state index in [0.29, 0.717) is 17.5 Å². The average Bonchev–Trinajstić information content (AvgIpc) is 2.86. The minimum absolute atomic E-state index is 0.195. The minimum atomic E-state index is -0.195. The summed E-state index contributed by atoms with van der Waals surface area (Å²) >= 11 is 5.08. The van der Waals surface area contributed by atoms with Crippen molar-refractivity contribution in [1.29, 1.82) is 0 Å². The number of benzene rings is 1. The van der Waals surface area contributed by atoms with Gasteiger partial charge in [0, 0.05) is 9.37 Å². The molecule has 1 aromatic carbocycles. The lowest BCUT2D eigenvalue weighted by Crippen LogP contribution is -2.17. The molecule has 6 heteroatoms. The lowest BCUT2D eigenvalue weighted by Gasteiger charge is -2.09. The second kappa shape index (κ2) is 6.54. The van der Waals surface area contributed by atoms with Crippen molar-refractivity contribution in [3.63, 3.8) is 0 Å². The zero-order valence-corrected chi connectivity index (χ0v) is 13.2. The number of rotatable bonds is 5. The van der Waals surface area contributed by atoms with Crippen molar-refractivity contribution in [1.82, 2.24) is 10.1 Å². The second-order valence-electron chi connectivity index (χ2n) is 4.56. The topological polar surface area (TPSA) is 64.9 Å². The van der Waals surface area contributed by atoms with Crippen molar-refractivity contribution in [2.45, 2.75) is 30.5 Å². The summed E-state index contributed by atoms with van der Waals surface area (Å²) in [4.78, 5) is 5.50. The molecule has 0 fully saturated rings. The summed E-state index contributed by atoms with van der Waals surface area (Å²) in [5, 5.41) is 3.96. The molecular formula is C13H16BrN3OS. The van der Waals surface area contributed by atoms with Gasteiger partial charge in [0.25, 0.3) is 0 Å². The number of nitrogens with zero attached hydrogens (tertiary/aromatic N) is 2. The van der Waals surface area contributed by atoms with Crippen LogP contribution in [0.2, 0.25) is 0 Å². The van der Waals surface area contributed by atoms with E-state index < -0.39 is 0 Å². The van der Waals surface area contributed by atoms with Gasteiger partial charge in [0.1, 0.15) is 0 Å². The molecule has 2 N–H and O–H groups in total. The van der Waals surface area contributed by atoms with Crippen LogP contribution in [-0.2, 0) is 5.75 Å². The average molecular weight is 342 g/mol. The van der Waals surface area contributed by atoms with E-state index in [1.807, 2.05) is 26.0 Å². The van der Waals surface area contributed by atoms with Crippen LogP contribution in [0.1, 0.15) is 31.6 Å². The SMILES string of the molecule is CC(C)C(N)c1nc(CSc2ccc(Br)cc2)no1. The van der Waals surface area contributed by atoms with Crippen LogP contribution < -0.4 is 5.73 Å². The molecule has 0 aliphatic carbocycles. The highest BCUT2D eigenvalue weighted by Gasteiger charge is 2.17. The van der Waals surface area contributed by atoms with Crippen molar-refractivity contribution in [3.05, 3.63) is 40.5 Å². The Labute approximate surface area is 125 Å². The van der Waals surface area contributed by atoms with Gasteiger partial charge in [0.2, 0.25) is 5.89 Å². The molecule has 2 aromatic rings. The standard InChI is InChI=1S/C13H16BrN3OS/c1-8(2)12(15)13-16-11(17-18-13)7-19-10-5-3-9(14)4-6-10/h3-6,8,12H,7,15H2,1-2H3. The number of aromatic nitrogens is 2. The van der Waals surface area contributed by atoms with Crippen molar-refractivity contribution in [2.75, 3.05) is 0 Å². The first-order valence-corrected chi connectivity index (χ1v) is 7.80. The van der Waals surface area contributed by atoms with Crippen molar-refractivity contribution in [2.24, 2.45) is 11.7 Å². The Morgan fingerprint density at radius 2 is 2.00 bits per heavy atom. The van der Waals surface area contributed by atoms with E-state index in [9.17, 15) is 0 Å². The van der Waals surface area contributed by atoms with Gasteiger partial charge in [0.15, 0.2) is 5.82 Å². The monoisotopic (exact) mass is 341 g/mol. The third-order valence-corrected chi connectivity index (χ3v) is 4.21.